The number of ether oxygens (including phenoxy) is 7. The summed E-state index contributed by atoms with van der Waals surface area (Å²) in [5.41, 5.74) is -11.5. The van der Waals surface area contributed by atoms with Gasteiger partial charge in [-0.05, 0) is 44.7 Å². The Morgan fingerprint density at radius 3 is 2.40 bits per heavy atom. The second-order valence-electron chi connectivity index (χ2n) is 16.7. The van der Waals surface area contributed by atoms with Crippen LogP contribution in [0.4, 0.5) is 0 Å². The summed E-state index contributed by atoms with van der Waals surface area (Å²) in [6, 6.07) is 1.64. The lowest BCUT2D eigenvalue weighted by molar-refractivity contribution is -0.456. The Balaban J connectivity index is 1.48. The lowest BCUT2D eigenvalue weighted by Crippen LogP contribution is -2.93. The maximum absolute atomic E-state index is 13.8. The topological polar surface area (TPSA) is 186 Å². The van der Waals surface area contributed by atoms with Gasteiger partial charge in [0.25, 0.3) is 5.97 Å². The van der Waals surface area contributed by atoms with Crippen LogP contribution in [0.25, 0.3) is 0 Å². The quantitative estimate of drug-likeness (QED) is 0.237. The van der Waals surface area contributed by atoms with E-state index in [4.69, 9.17) is 37.6 Å². The summed E-state index contributed by atoms with van der Waals surface area (Å²) in [6.07, 6.45) is 0.0537. The Bertz CT molecular complexity index is 1850. The molecule has 4 heterocycles. The molecule has 282 valence electrons. The molecule has 4 bridgehead atoms. The number of hydrogen-bond donors (Lipinski definition) is 2. The standard InChI is InChI=1S/C38H46O14/c1-10-19(4)28(42)49-29-31(6)17-34(43)33(8,22(31)13-25(40)45-9)35-15-24(47-20(5)39)32(7)23(14-26(41)48-27(32)21-11-12-46-16-21)37(35)30(36(29,34)44)50-38(51-35,52-37)18(2)3/h10-12,14,16,18,22,24,27,29-30,43-44H,13,15,17H2,1-9H3/b19-10+/t22-,24-,27-,29-,30+,31+,32-,33+,34+,35-,36-,37+,38-/m0/s1. The summed E-state index contributed by atoms with van der Waals surface area (Å²) in [6.45, 7) is 13.4. The molecule has 8 rings (SSSR count). The fourth-order valence-corrected chi connectivity index (χ4v) is 12.1. The number of allylic oxidation sites excluding steroid dienone is 1. The average molecular weight is 727 g/mol. The van der Waals surface area contributed by atoms with E-state index in [-0.39, 0.29) is 30.4 Å². The minimum Gasteiger partial charge on any atom is -0.472 e. The van der Waals surface area contributed by atoms with Gasteiger partial charge >= 0.3 is 23.9 Å². The Morgan fingerprint density at radius 1 is 1.10 bits per heavy atom. The number of cyclic esters (lactones) is 1. The molecule has 1 spiro atoms. The Morgan fingerprint density at radius 2 is 1.81 bits per heavy atom. The summed E-state index contributed by atoms with van der Waals surface area (Å²) < 4.78 is 50.3. The first-order valence-corrected chi connectivity index (χ1v) is 17.8. The van der Waals surface area contributed by atoms with E-state index in [0.29, 0.717) is 5.56 Å². The van der Waals surface area contributed by atoms with E-state index in [2.05, 4.69) is 0 Å². The lowest BCUT2D eigenvalue weighted by atomic mass is 9.34. The Kier molecular flexibility index (Phi) is 7.06. The zero-order chi connectivity index (χ0) is 37.8. The van der Waals surface area contributed by atoms with Crippen molar-refractivity contribution in [2.75, 3.05) is 7.11 Å². The fourth-order valence-electron chi connectivity index (χ4n) is 12.1. The van der Waals surface area contributed by atoms with E-state index in [0.717, 1.165) is 0 Å². The van der Waals surface area contributed by atoms with Crippen LogP contribution in [-0.4, -0.2) is 87.9 Å². The van der Waals surface area contributed by atoms with Crippen molar-refractivity contribution in [2.45, 2.75) is 127 Å². The number of carbonyl (C=O) groups excluding carboxylic acids is 4. The molecule has 0 unspecified atom stereocenters. The van der Waals surface area contributed by atoms with E-state index in [1.54, 1.807) is 60.6 Å². The second-order valence-corrected chi connectivity index (χ2v) is 16.7. The lowest BCUT2D eigenvalue weighted by Gasteiger charge is -2.76. The third kappa shape index (κ3) is 3.50. The first-order valence-electron chi connectivity index (χ1n) is 17.8. The monoisotopic (exact) mass is 726 g/mol. The van der Waals surface area contributed by atoms with Crippen LogP contribution in [0.15, 0.2) is 46.3 Å². The molecule has 1 aromatic rings. The van der Waals surface area contributed by atoms with Gasteiger partial charge in [-0.25, -0.2) is 9.59 Å². The molecule has 4 aliphatic carbocycles. The maximum atomic E-state index is 13.8. The number of rotatable bonds is 7. The van der Waals surface area contributed by atoms with Gasteiger partial charge in [0.1, 0.15) is 35.6 Å². The van der Waals surface area contributed by atoms with Crippen LogP contribution in [0.3, 0.4) is 0 Å². The third-order valence-electron chi connectivity index (χ3n) is 14.4. The average Bonchev–Trinajstić information content (AvgIpc) is 3.87. The van der Waals surface area contributed by atoms with Gasteiger partial charge in [0.15, 0.2) is 11.2 Å². The number of esters is 4. The highest BCUT2D eigenvalue weighted by atomic mass is 17.0. The second kappa shape index (κ2) is 10.3. The van der Waals surface area contributed by atoms with Gasteiger partial charge < -0.3 is 47.8 Å². The predicted octanol–water partition coefficient (Wildman–Crippen LogP) is 3.34. The Labute approximate surface area is 300 Å². The molecular formula is C38H46O14. The molecule has 6 fully saturated rings. The van der Waals surface area contributed by atoms with Crippen LogP contribution in [0.1, 0.15) is 86.3 Å². The SMILES string of the molecule is C/C=C(\C)C(=O)O[C@H]1[C@]2(C)C[C@]3(O)[C@@]1(O)[C@H]1O[C@@]4(C(C)C)O[C@@]5(C[C@H](OC(C)=O)[C@]6(C)C(=CC(=O)O[C@H]6c6ccoc6)[C@@]15O4)[C@]3(C)[C@H]2CC(=O)OC. The summed E-state index contributed by atoms with van der Waals surface area (Å²) in [5.74, 6) is -6.02. The van der Waals surface area contributed by atoms with Gasteiger partial charge in [0, 0.05) is 53.7 Å². The van der Waals surface area contributed by atoms with E-state index in [1.165, 1.54) is 32.6 Å². The zero-order valence-corrected chi connectivity index (χ0v) is 30.8. The fraction of sp³-hybridized carbons (Fsp3) is 0.684. The number of methoxy groups -OCH3 is 1. The number of aliphatic hydroxyl groups is 2. The van der Waals surface area contributed by atoms with Crippen molar-refractivity contribution in [3.8, 4) is 0 Å². The minimum absolute atomic E-state index is 0.133. The molecule has 14 nitrogen and oxygen atoms in total. The molecule has 14 heteroatoms. The van der Waals surface area contributed by atoms with Crippen molar-refractivity contribution in [3.05, 3.63) is 47.5 Å². The summed E-state index contributed by atoms with van der Waals surface area (Å²) in [5, 5.41) is 27.1. The van der Waals surface area contributed by atoms with Gasteiger partial charge in [-0.1, -0.05) is 33.8 Å². The first-order chi connectivity index (χ1) is 24.2. The van der Waals surface area contributed by atoms with Crippen molar-refractivity contribution in [2.24, 2.45) is 28.1 Å². The number of fused-ring (bicyclic) bond motifs is 4. The van der Waals surface area contributed by atoms with E-state index in [9.17, 15) is 29.4 Å². The summed E-state index contributed by atoms with van der Waals surface area (Å²) in [7, 11) is 1.25. The highest BCUT2D eigenvalue weighted by Gasteiger charge is 3.03. The number of hydrogen-bond acceptors (Lipinski definition) is 14. The predicted molar refractivity (Wildman–Crippen MR) is 174 cm³/mol. The van der Waals surface area contributed by atoms with Crippen molar-refractivity contribution in [3.63, 3.8) is 0 Å². The molecule has 0 radical (unpaired) electrons. The van der Waals surface area contributed by atoms with Gasteiger partial charge in [-0.15, -0.1) is 0 Å². The number of furan rings is 1. The van der Waals surface area contributed by atoms with E-state index in [1.807, 2.05) is 0 Å². The largest absolute Gasteiger partial charge is 0.472 e. The number of carbonyl (C=O) groups is 4. The Hall–Kier alpha value is -3.56. The van der Waals surface area contributed by atoms with E-state index >= 15 is 0 Å². The van der Waals surface area contributed by atoms with Crippen LogP contribution in [-0.2, 0) is 52.3 Å². The van der Waals surface area contributed by atoms with E-state index < -0.39 is 105 Å². The molecule has 3 aliphatic heterocycles. The highest BCUT2D eigenvalue weighted by molar-refractivity contribution is 5.88. The molecule has 2 N–H and O–H groups in total. The molecule has 1 aromatic heterocycles. The molecule has 7 aliphatic rings. The molecule has 13 atom stereocenters. The smallest absolute Gasteiger partial charge is 0.333 e. The molecule has 0 amide bonds. The highest BCUT2D eigenvalue weighted by Crippen LogP contribution is 2.88. The van der Waals surface area contributed by atoms with Crippen molar-refractivity contribution in [1.29, 1.82) is 0 Å². The molecule has 0 aromatic carbocycles. The minimum atomic E-state index is -2.40. The molecule has 52 heavy (non-hydrogen) atoms. The first kappa shape index (κ1) is 35.5. The van der Waals surface area contributed by atoms with Crippen LogP contribution in [0.2, 0.25) is 0 Å². The van der Waals surface area contributed by atoms with Crippen LogP contribution in [0, 0.1) is 28.1 Å². The maximum Gasteiger partial charge on any atom is 0.333 e. The van der Waals surface area contributed by atoms with Gasteiger partial charge in [-0.2, -0.15) is 0 Å². The normalized spacial score (nSPS) is 49.2. The van der Waals surface area contributed by atoms with Gasteiger partial charge in [0.05, 0.1) is 25.1 Å². The summed E-state index contributed by atoms with van der Waals surface area (Å²) >= 11 is 0. The molecular weight excluding hydrogens is 680 g/mol. The summed E-state index contributed by atoms with van der Waals surface area (Å²) in [4.78, 5) is 53.9. The van der Waals surface area contributed by atoms with Gasteiger partial charge in [0.2, 0.25) is 0 Å². The van der Waals surface area contributed by atoms with Crippen LogP contribution < -0.4 is 0 Å². The zero-order valence-electron chi connectivity index (χ0n) is 30.8. The molecule has 4 saturated carbocycles. The van der Waals surface area contributed by atoms with Crippen molar-refractivity contribution < 1.29 is 67.0 Å². The molecule has 2 saturated heterocycles. The van der Waals surface area contributed by atoms with Gasteiger partial charge in [-0.3, -0.25) is 9.59 Å². The van der Waals surface area contributed by atoms with Crippen molar-refractivity contribution in [1.82, 2.24) is 0 Å². The van der Waals surface area contributed by atoms with Crippen LogP contribution >= 0.6 is 0 Å². The third-order valence-corrected chi connectivity index (χ3v) is 14.4. The van der Waals surface area contributed by atoms with Crippen LogP contribution in [0.5, 0.6) is 0 Å². The van der Waals surface area contributed by atoms with Crippen molar-refractivity contribution >= 4 is 23.9 Å².